The lowest BCUT2D eigenvalue weighted by molar-refractivity contribution is 0.0699. The summed E-state index contributed by atoms with van der Waals surface area (Å²) >= 11 is 3.65. The highest BCUT2D eigenvalue weighted by Gasteiger charge is 2.24. The number of ether oxygens (including phenoxy) is 1. The summed E-state index contributed by atoms with van der Waals surface area (Å²) in [5.41, 5.74) is 1.14. The molecule has 1 heterocycles. The van der Waals surface area contributed by atoms with E-state index in [9.17, 15) is 0 Å². The lowest BCUT2D eigenvalue weighted by Crippen LogP contribution is -2.12. The lowest BCUT2D eigenvalue weighted by atomic mass is 10.0. The van der Waals surface area contributed by atoms with E-state index in [0.29, 0.717) is 12.5 Å². The summed E-state index contributed by atoms with van der Waals surface area (Å²) in [6.07, 6.45) is 4.98. The molecule has 1 unspecified atom stereocenters. The summed E-state index contributed by atoms with van der Waals surface area (Å²) in [6.45, 7) is 4.67. The van der Waals surface area contributed by atoms with Crippen LogP contribution in [-0.2, 0) is 4.74 Å². The summed E-state index contributed by atoms with van der Waals surface area (Å²) < 4.78 is 6.63. The number of halogens is 1. The van der Waals surface area contributed by atoms with Crippen LogP contribution in [-0.4, -0.2) is 23.6 Å². The Hall–Kier alpha value is -0.680. The Kier molecular flexibility index (Phi) is 5.16. The standard InChI is InChI=1S/C14H22BrN3O/c1-4-19-9(2)13-17-12(10-7-5-6-8-10)11(15)14(16-3)18-13/h9-10H,4-8H2,1-3H3,(H,16,17,18). The van der Waals surface area contributed by atoms with Crippen LogP contribution in [0.1, 0.15) is 63.1 Å². The zero-order valence-corrected chi connectivity index (χ0v) is 13.5. The van der Waals surface area contributed by atoms with Crippen LogP contribution in [0.15, 0.2) is 4.47 Å². The smallest absolute Gasteiger partial charge is 0.159 e. The predicted molar refractivity (Wildman–Crippen MR) is 80.5 cm³/mol. The molecule has 1 saturated carbocycles. The van der Waals surface area contributed by atoms with Crippen molar-refractivity contribution >= 4 is 21.7 Å². The minimum Gasteiger partial charge on any atom is -0.372 e. The molecule has 0 aromatic carbocycles. The van der Waals surface area contributed by atoms with E-state index in [0.717, 1.165) is 21.8 Å². The molecule has 1 atom stereocenters. The SMILES string of the molecule is CCOC(C)c1nc(NC)c(Br)c(C2CCCC2)n1. The molecule has 1 aliphatic carbocycles. The van der Waals surface area contributed by atoms with Gasteiger partial charge in [-0.25, -0.2) is 9.97 Å². The molecule has 1 aliphatic rings. The first kappa shape index (κ1) is 14.7. The number of aromatic nitrogens is 2. The molecule has 19 heavy (non-hydrogen) atoms. The third-order valence-electron chi connectivity index (χ3n) is 3.65. The Morgan fingerprint density at radius 2 is 2.05 bits per heavy atom. The maximum Gasteiger partial charge on any atom is 0.159 e. The summed E-state index contributed by atoms with van der Waals surface area (Å²) in [4.78, 5) is 9.31. The average Bonchev–Trinajstić information content (AvgIpc) is 2.93. The highest BCUT2D eigenvalue weighted by molar-refractivity contribution is 9.10. The Balaban J connectivity index is 2.37. The van der Waals surface area contributed by atoms with Crippen molar-refractivity contribution in [2.24, 2.45) is 0 Å². The topological polar surface area (TPSA) is 47.0 Å². The molecule has 1 N–H and O–H groups in total. The van der Waals surface area contributed by atoms with E-state index in [1.165, 1.54) is 25.7 Å². The lowest BCUT2D eigenvalue weighted by Gasteiger charge is -2.18. The Bertz CT molecular complexity index is 433. The van der Waals surface area contributed by atoms with Gasteiger partial charge in [0.2, 0.25) is 0 Å². The van der Waals surface area contributed by atoms with Crippen LogP contribution in [0.3, 0.4) is 0 Å². The van der Waals surface area contributed by atoms with Crippen molar-refractivity contribution in [3.05, 3.63) is 16.0 Å². The second-order valence-corrected chi connectivity index (χ2v) is 5.75. The van der Waals surface area contributed by atoms with Gasteiger partial charge in [-0.05, 0) is 42.6 Å². The van der Waals surface area contributed by atoms with E-state index in [2.05, 4.69) is 26.2 Å². The van der Waals surface area contributed by atoms with E-state index in [4.69, 9.17) is 9.72 Å². The summed E-state index contributed by atoms with van der Waals surface area (Å²) in [5.74, 6) is 2.19. The van der Waals surface area contributed by atoms with Gasteiger partial charge < -0.3 is 10.1 Å². The first-order chi connectivity index (χ1) is 9.17. The molecule has 2 rings (SSSR count). The van der Waals surface area contributed by atoms with Crippen LogP contribution in [0, 0.1) is 0 Å². The minimum absolute atomic E-state index is 0.0645. The van der Waals surface area contributed by atoms with Gasteiger partial charge in [0.15, 0.2) is 5.82 Å². The molecule has 1 fully saturated rings. The normalized spacial score (nSPS) is 17.7. The maximum atomic E-state index is 5.62. The maximum absolute atomic E-state index is 5.62. The molecule has 0 amide bonds. The molecule has 0 spiro atoms. The van der Waals surface area contributed by atoms with Gasteiger partial charge in [0.25, 0.3) is 0 Å². The Labute approximate surface area is 123 Å². The summed E-state index contributed by atoms with van der Waals surface area (Å²) in [6, 6.07) is 0. The fourth-order valence-corrected chi connectivity index (χ4v) is 3.32. The molecule has 1 aromatic rings. The van der Waals surface area contributed by atoms with Gasteiger partial charge in [0.1, 0.15) is 11.9 Å². The molecule has 1 aromatic heterocycles. The van der Waals surface area contributed by atoms with Crippen LogP contribution < -0.4 is 5.32 Å². The number of rotatable bonds is 5. The van der Waals surface area contributed by atoms with Gasteiger partial charge in [-0.3, -0.25) is 0 Å². The van der Waals surface area contributed by atoms with Gasteiger partial charge in [-0.2, -0.15) is 0 Å². The largest absolute Gasteiger partial charge is 0.372 e. The van der Waals surface area contributed by atoms with Crippen molar-refractivity contribution in [1.82, 2.24) is 9.97 Å². The molecule has 4 nitrogen and oxygen atoms in total. The van der Waals surface area contributed by atoms with Crippen molar-refractivity contribution in [3.63, 3.8) is 0 Å². The van der Waals surface area contributed by atoms with Gasteiger partial charge in [-0.15, -0.1) is 0 Å². The van der Waals surface area contributed by atoms with Crippen molar-refractivity contribution in [3.8, 4) is 0 Å². The van der Waals surface area contributed by atoms with Crippen LogP contribution in [0.4, 0.5) is 5.82 Å². The van der Waals surface area contributed by atoms with Crippen molar-refractivity contribution in [2.75, 3.05) is 19.0 Å². The van der Waals surface area contributed by atoms with Crippen LogP contribution in [0.5, 0.6) is 0 Å². The van der Waals surface area contributed by atoms with Crippen molar-refractivity contribution in [1.29, 1.82) is 0 Å². The fourth-order valence-electron chi connectivity index (χ4n) is 2.62. The van der Waals surface area contributed by atoms with E-state index < -0.39 is 0 Å². The quantitative estimate of drug-likeness (QED) is 0.886. The number of nitrogens with zero attached hydrogens (tertiary/aromatic N) is 2. The first-order valence-electron chi connectivity index (χ1n) is 7.04. The number of hydrogen-bond donors (Lipinski definition) is 1. The van der Waals surface area contributed by atoms with E-state index in [-0.39, 0.29) is 6.10 Å². The van der Waals surface area contributed by atoms with Gasteiger partial charge in [0.05, 0.1) is 10.2 Å². The minimum atomic E-state index is -0.0645. The average molecular weight is 328 g/mol. The Morgan fingerprint density at radius 1 is 1.37 bits per heavy atom. The van der Waals surface area contributed by atoms with Crippen molar-refractivity contribution in [2.45, 2.75) is 51.6 Å². The zero-order valence-electron chi connectivity index (χ0n) is 11.9. The van der Waals surface area contributed by atoms with Gasteiger partial charge in [0, 0.05) is 19.6 Å². The summed E-state index contributed by atoms with van der Waals surface area (Å²) in [7, 11) is 1.89. The number of nitrogens with one attached hydrogen (secondary N) is 1. The molecule has 0 bridgehead atoms. The Morgan fingerprint density at radius 3 is 2.63 bits per heavy atom. The van der Waals surface area contributed by atoms with Crippen LogP contribution in [0.2, 0.25) is 0 Å². The molecule has 0 radical (unpaired) electrons. The second-order valence-electron chi connectivity index (χ2n) is 4.96. The van der Waals surface area contributed by atoms with E-state index >= 15 is 0 Å². The molecular weight excluding hydrogens is 306 g/mol. The highest BCUT2D eigenvalue weighted by Crippen LogP contribution is 2.39. The second kappa shape index (κ2) is 6.66. The van der Waals surface area contributed by atoms with Crippen molar-refractivity contribution < 1.29 is 4.74 Å². The highest BCUT2D eigenvalue weighted by atomic mass is 79.9. The summed E-state index contributed by atoms with van der Waals surface area (Å²) in [5, 5.41) is 3.14. The first-order valence-corrected chi connectivity index (χ1v) is 7.83. The molecular formula is C14H22BrN3O. The zero-order chi connectivity index (χ0) is 13.8. The van der Waals surface area contributed by atoms with E-state index in [1.807, 2.05) is 20.9 Å². The third-order valence-corrected chi connectivity index (χ3v) is 4.43. The fraction of sp³-hybridized carbons (Fsp3) is 0.714. The molecule has 0 saturated heterocycles. The number of hydrogen-bond acceptors (Lipinski definition) is 4. The number of anilines is 1. The van der Waals surface area contributed by atoms with E-state index in [1.54, 1.807) is 0 Å². The van der Waals surface area contributed by atoms with Gasteiger partial charge in [-0.1, -0.05) is 12.8 Å². The predicted octanol–water partition coefficient (Wildman–Crippen LogP) is 4.04. The van der Waals surface area contributed by atoms with Crippen LogP contribution >= 0.6 is 15.9 Å². The third kappa shape index (κ3) is 3.26. The van der Waals surface area contributed by atoms with Gasteiger partial charge >= 0.3 is 0 Å². The molecule has 106 valence electrons. The monoisotopic (exact) mass is 327 g/mol. The van der Waals surface area contributed by atoms with Crippen LogP contribution in [0.25, 0.3) is 0 Å². The molecule has 0 aliphatic heterocycles. The molecule has 5 heteroatoms.